The van der Waals surface area contributed by atoms with E-state index in [4.69, 9.17) is 14.5 Å². The molecule has 1 aliphatic heterocycles. The first kappa shape index (κ1) is 17.1. The van der Waals surface area contributed by atoms with Crippen LogP contribution in [0.2, 0.25) is 0 Å². The van der Waals surface area contributed by atoms with Crippen molar-refractivity contribution in [1.29, 1.82) is 0 Å². The molecule has 2 N–H and O–H groups in total. The minimum atomic E-state index is 0.229. The predicted octanol–water partition coefficient (Wildman–Crippen LogP) is 3.73. The predicted molar refractivity (Wildman–Crippen MR) is 110 cm³/mol. The number of H-pyrrole nitrogens is 2. The number of nitrogens with one attached hydrogen (secondary N) is 2. The molecule has 2 atom stereocenters. The average Bonchev–Trinajstić information content (AvgIpc) is 3.32. The Kier molecular flexibility index (Phi) is 3.98. The molecule has 7 nitrogen and oxygen atoms in total. The van der Waals surface area contributed by atoms with Gasteiger partial charge in [-0.2, -0.15) is 5.10 Å². The molecule has 7 heteroatoms. The molecular formula is C21H23N5O2. The first-order chi connectivity index (χ1) is 13.6. The Morgan fingerprint density at radius 2 is 2.07 bits per heavy atom. The Morgan fingerprint density at radius 3 is 2.93 bits per heavy atom. The lowest BCUT2D eigenvalue weighted by molar-refractivity contribution is 0.0344. The van der Waals surface area contributed by atoms with Gasteiger partial charge in [-0.05, 0) is 44.2 Å². The second-order valence-electron chi connectivity index (χ2n) is 7.39. The van der Waals surface area contributed by atoms with E-state index in [2.05, 4.69) is 52.1 Å². The highest BCUT2D eigenvalue weighted by Gasteiger charge is 2.24. The highest BCUT2D eigenvalue weighted by atomic mass is 16.5. The van der Waals surface area contributed by atoms with Crippen LogP contribution in [0.3, 0.4) is 0 Å². The molecule has 0 aliphatic carbocycles. The molecule has 0 spiro atoms. The second-order valence-corrected chi connectivity index (χ2v) is 7.39. The standard InChI is InChI=1S/C21H23N5O2/c1-12-11-28-13(2)10-26(12)14-7-8-15-17(9-14)23-21(22-15)20-19-16(24-25-20)5-4-6-18(19)27-3/h4-9,12-13H,10-11H2,1-3H3,(H,22,23)(H,24,25). The van der Waals surface area contributed by atoms with Crippen molar-refractivity contribution in [3.8, 4) is 17.3 Å². The van der Waals surface area contributed by atoms with Crippen molar-refractivity contribution < 1.29 is 9.47 Å². The third kappa shape index (κ3) is 2.70. The van der Waals surface area contributed by atoms with Crippen molar-refractivity contribution >= 4 is 27.6 Å². The van der Waals surface area contributed by atoms with Gasteiger partial charge in [-0.3, -0.25) is 5.10 Å². The van der Waals surface area contributed by atoms with Gasteiger partial charge >= 0.3 is 0 Å². The van der Waals surface area contributed by atoms with E-state index < -0.39 is 0 Å². The van der Waals surface area contributed by atoms with Gasteiger partial charge in [0.15, 0.2) is 5.82 Å². The number of benzene rings is 2. The van der Waals surface area contributed by atoms with E-state index in [-0.39, 0.29) is 6.10 Å². The molecule has 0 saturated carbocycles. The van der Waals surface area contributed by atoms with Crippen molar-refractivity contribution in [1.82, 2.24) is 20.2 Å². The molecule has 0 radical (unpaired) electrons. The van der Waals surface area contributed by atoms with Gasteiger partial charge in [0.25, 0.3) is 0 Å². The maximum Gasteiger partial charge on any atom is 0.159 e. The molecule has 2 aromatic heterocycles. The maximum absolute atomic E-state index is 5.76. The Labute approximate surface area is 162 Å². The Balaban J connectivity index is 1.58. The van der Waals surface area contributed by atoms with Crippen molar-refractivity contribution in [2.75, 3.05) is 25.2 Å². The molecule has 2 unspecified atom stereocenters. The number of hydrogen-bond acceptors (Lipinski definition) is 5. The summed E-state index contributed by atoms with van der Waals surface area (Å²) in [6, 6.07) is 12.5. The fourth-order valence-electron chi connectivity index (χ4n) is 3.93. The molecule has 3 heterocycles. The van der Waals surface area contributed by atoms with Crippen LogP contribution in [0.15, 0.2) is 36.4 Å². The zero-order valence-corrected chi connectivity index (χ0v) is 16.2. The number of rotatable bonds is 3. The van der Waals surface area contributed by atoms with E-state index in [9.17, 15) is 0 Å². The molecule has 0 amide bonds. The molecular weight excluding hydrogens is 354 g/mol. The first-order valence-corrected chi connectivity index (χ1v) is 9.53. The summed E-state index contributed by atoms with van der Waals surface area (Å²) in [4.78, 5) is 10.6. The topological polar surface area (TPSA) is 79.1 Å². The highest BCUT2D eigenvalue weighted by Crippen LogP contribution is 2.33. The SMILES string of the molecule is COc1cccc2[nH]nc(-c3nc4ccc(N5CC(C)OCC5C)cc4[nH]3)c12. The quantitative estimate of drug-likeness (QED) is 0.569. The summed E-state index contributed by atoms with van der Waals surface area (Å²) >= 11 is 0. The number of fused-ring (bicyclic) bond motifs is 2. The van der Waals surface area contributed by atoms with E-state index in [0.717, 1.165) is 52.4 Å². The number of morpholine rings is 1. The summed E-state index contributed by atoms with van der Waals surface area (Å²) in [5, 5.41) is 8.48. The number of ether oxygens (including phenoxy) is 2. The number of imidazole rings is 1. The smallest absolute Gasteiger partial charge is 0.159 e. The fraction of sp³-hybridized carbons (Fsp3) is 0.333. The van der Waals surface area contributed by atoms with Crippen LogP contribution >= 0.6 is 0 Å². The minimum Gasteiger partial charge on any atom is -0.496 e. The van der Waals surface area contributed by atoms with Crippen LogP contribution in [0.25, 0.3) is 33.5 Å². The van der Waals surface area contributed by atoms with E-state index in [1.54, 1.807) is 7.11 Å². The third-order valence-electron chi connectivity index (χ3n) is 5.40. The summed E-state index contributed by atoms with van der Waals surface area (Å²) < 4.78 is 11.3. The van der Waals surface area contributed by atoms with Crippen LogP contribution in [-0.4, -0.2) is 52.6 Å². The molecule has 1 fully saturated rings. The number of nitrogens with zero attached hydrogens (tertiary/aromatic N) is 3. The highest BCUT2D eigenvalue weighted by molar-refractivity contribution is 5.97. The van der Waals surface area contributed by atoms with Crippen molar-refractivity contribution in [3.63, 3.8) is 0 Å². The monoisotopic (exact) mass is 377 g/mol. The molecule has 4 aromatic rings. The van der Waals surface area contributed by atoms with Crippen LogP contribution in [0.4, 0.5) is 5.69 Å². The van der Waals surface area contributed by atoms with Crippen molar-refractivity contribution in [2.45, 2.75) is 26.0 Å². The van der Waals surface area contributed by atoms with Gasteiger partial charge in [0.2, 0.25) is 0 Å². The van der Waals surface area contributed by atoms with E-state index in [1.165, 1.54) is 5.69 Å². The Morgan fingerprint density at radius 1 is 1.18 bits per heavy atom. The zero-order valence-electron chi connectivity index (χ0n) is 16.2. The Bertz CT molecular complexity index is 1150. The molecule has 5 rings (SSSR count). The maximum atomic E-state index is 5.76. The number of aromatic amines is 2. The van der Waals surface area contributed by atoms with Gasteiger partial charge in [-0.1, -0.05) is 6.07 Å². The number of aromatic nitrogens is 4. The molecule has 2 aromatic carbocycles. The average molecular weight is 377 g/mol. The lowest BCUT2D eigenvalue weighted by Crippen LogP contribution is -2.47. The first-order valence-electron chi connectivity index (χ1n) is 9.53. The number of methoxy groups -OCH3 is 1. The molecule has 1 saturated heterocycles. The molecule has 144 valence electrons. The van der Waals surface area contributed by atoms with Gasteiger partial charge in [-0.25, -0.2) is 4.98 Å². The summed E-state index contributed by atoms with van der Waals surface area (Å²) in [5.41, 5.74) is 4.77. The summed E-state index contributed by atoms with van der Waals surface area (Å²) in [6.45, 7) is 5.93. The van der Waals surface area contributed by atoms with Gasteiger partial charge < -0.3 is 19.4 Å². The van der Waals surface area contributed by atoms with Crippen LogP contribution in [0.5, 0.6) is 5.75 Å². The van der Waals surface area contributed by atoms with Crippen LogP contribution < -0.4 is 9.64 Å². The van der Waals surface area contributed by atoms with Crippen LogP contribution in [-0.2, 0) is 4.74 Å². The summed E-state index contributed by atoms with van der Waals surface area (Å²) in [7, 11) is 1.67. The summed E-state index contributed by atoms with van der Waals surface area (Å²) in [6.07, 6.45) is 0.229. The molecule has 1 aliphatic rings. The van der Waals surface area contributed by atoms with Crippen molar-refractivity contribution in [3.05, 3.63) is 36.4 Å². The second kappa shape index (κ2) is 6.53. The minimum absolute atomic E-state index is 0.229. The van der Waals surface area contributed by atoms with Gasteiger partial charge in [0.05, 0.1) is 41.8 Å². The van der Waals surface area contributed by atoms with Gasteiger partial charge in [0, 0.05) is 18.3 Å². The normalized spacial score (nSPS) is 20.2. The van der Waals surface area contributed by atoms with E-state index >= 15 is 0 Å². The number of anilines is 1. The van der Waals surface area contributed by atoms with Crippen molar-refractivity contribution in [2.24, 2.45) is 0 Å². The van der Waals surface area contributed by atoms with E-state index in [1.807, 2.05) is 18.2 Å². The lowest BCUT2D eigenvalue weighted by Gasteiger charge is -2.38. The lowest BCUT2D eigenvalue weighted by atomic mass is 10.1. The van der Waals surface area contributed by atoms with Crippen LogP contribution in [0.1, 0.15) is 13.8 Å². The van der Waals surface area contributed by atoms with Crippen LogP contribution in [0, 0.1) is 0 Å². The van der Waals surface area contributed by atoms with Gasteiger partial charge in [-0.15, -0.1) is 0 Å². The van der Waals surface area contributed by atoms with Gasteiger partial charge in [0.1, 0.15) is 11.4 Å². The summed E-state index contributed by atoms with van der Waals surface area (Å²) in [5.74, 6) is 1.50. The molecule has 0 bridgehead atoms. The fourth-order valence-corrected chi connectivity index (χ4v) is 3.93. The largest absolute Gasteiger partial charge is 0.496 e. The third-order valence-corrected chi connectivity index (χ3v) is 5.40. The number of hydrogen-bond donors (Lipinski definition) is 2. The molecule has 28 heavy (non-hydrogen) atoms. The Hall–Kier alpha value is -3.06. The van der Waals surface area contributed by atoms with E-state index in [0.29, 0.717) is 6.04 Å². The zero-order chi connectivity index (χ0) is 19.3.